The van der Waals surface area contributed by atoms with Crippen LogP contribution in [0.4, 0.5) is 5.82 Å². The molecule has 0 unspecified atom stereocenters. The Bertz CT molecular complexity index is 876. The number of carbonyl (C=O) groups excluding carboxylic acids is 1. The van der Waals surface area contributed by atoms with E-state index in [9.17, 15) is 4.79 Å². The second kappa shape index (κ2) is 7.25. The van der Waals surface area contributed by atoms with Crippen molar-refractivity contribution in [2.45, 2.75) is 18.9 Å². The van der Waals surface area contributed by atoms with Crippen molar-refractivity contribution in [3.8, 4) is 10.6 Å². The van der Waals surface area contributed by atoms with Crippen LogP contribution in [-0.2, 0) is 7.05 Å². The van der Waals surface area contributed by atoms with Gasteiger partial charge in [-0.05, 0) is 30.4 Å². The van der Waals surface area contributed by atoms with Crippen molar-refractivity contribution in [1.82, 2.24) is 25.1 Å². The first-order valence-corrected chi connectivity index (χ1v) is 9.48. The number of thiophene rings is 1. The first kappa shape index (κ1) is 16.7. The van der Waals surface area contributed by atoms with Gasteiger partial charge in [0.05, 0.1) is 11.1 Å². The highest BCUT2D eigenvalue weighted by Crippen LogP contribution is 2.24. The lowest BCUT2D eigenvalue weighted by Crippen LogP contribution is -2.48. The summed E-state index contributed by atoms with van der Waals surface area (Å²) in [4.78, 5) is 24.5. The minimum atomic E-state index is -0.0891. The largest absolute Gasteiger partial charge is 0.353 e. The zero-order valence-electron chi connectivity index (χ0n) is 14.5. The number of anilines is 1. The van der Waals surface area contributed by atoms with Crippen LogP contribution in [0, 0.1) is 0 Å². The molecule has 1 aliphatic heterocycles. The van der Waals surface area contributed by atoms with Gasteiger partial charge in [-0.25, -0.2) is 4.98 Å². The molecule has 0 bridgehead atoms. The average Bonchev–Trinajstić information content (AvgIpc) is 3.32. The second-order valence-corrected chi connectivity index (χ2v) is 7.29. The lowest BCUT2D eigenvalue weighted by Gasteiger charge is -2.33. The summed E-state index contributed by atoms with van der Waals surface area (Å²) in [5.41, 5.74) is 1.41. The van der Waals surface area contributed by atoms with E-state index in [0.29, 0.717) is 5.69 Å². The molecule has 1 saturated heterocycles. The number of hydrogen-bond acceptors (Lipinski definition) is 6. The predicted octanol–water partition coefficient (Wildman–Crippen LogP) is 2.34. The number of rotatable bonds is 4. The highest BCUT2D eigenvalue weighted by molar-refractivity contribution is 7.13. The Morgan fingerprint density at radius 2 is 2.31 bits per heavy atom. The Morgan fingerprint density at radius 3 is 3.08 bits per heavy atom. The molecule has 0 radical (unpaired) electrons. The molecule has 0 spiro atoms. The SMILES string of the molecule is Cn1nc(-c2cccs2)cc1C(=O)N[C@H]1CCCN(c2cnccn2)C1. The van der Waals surface area contributed by atoms with Gasteiger partial charge < -0.3 is 10.2 Å². The van der Waals surface area contributed by atoms with E-state index in [-0.39, 0.29) is 11.9 Å². The first-order valence-electron chi connectivity index (χ1n) is 8.60. The zero-order chi connectivity index (χ0) is 17.9. The molecule has 1 fully saturated rings. The normalized spacial score (nSPS) is 17.3. The minimum absolute atomic E-state index is 0.0818. The van der Waals surface area contributed by atoms with Gasteiger partial charge in [0.1, 0.15) is 17.2 Å². The molecule has 3 aromatic rings. The van der Waals surface area contributed by atoms with Crippen LogP contribution >= 0.6 is 11.3 Å². The fourth-order valence-corrected chi connectivity index (χ4v) is 3.92. The van der Waals surface area contributed by atoms with Crippen molar-refractivity contribution in [2.75, 3.05) is 18.0 Å². The molecule has 26 heavy (non-hydrogen) atoms. The van der Waals surface area contributed by atoms with Crippen LogP contribution < -0.4 is 10.2 Å². The number of aryl methyl sites for hydroxylation is 1. The van der Waals surface area contributed by atoms with E-state index in [1.165, 1.54) is 0 Å². The topological polar surface area (TPSA) is 75.9 Å². The molecule has 134 valence electrons. The van der Waals surface area contributed by atoms with Crippen LogP contribution in [0.2, 0.25) is 0 Å². The van der Waals surface area contributed by atoms with Crippen LogP contribution in [0.3, 0.4) is 0 Å². The highest BCUT2D eigenvalue weighted by Gasteiger charge is 2.24. The van der Waals surface area contributed by atoms with Gasteiger partial charge in [-0.15, -0.1) is 11.3 Å². The fourth-order valence-electron chi connectivity index (χ4n) is 3.24. The molecule has 1 N–H and O–H groups in total. The smallest absolute Gasteiger partial charge is 0.269 e. The third-order valence-electron chi connectivity index (χ3n) is 4.52. The van der Waals surface area contributed by atoms with E-state index < -0.39 is 0 Å². The lowest BCUT2D eigenvalue weighted by atomic mass is 10.1. The summed E-state index contributed by atoms with van der Waals surface area (Å²) in [5, 5.41) is 9.62. The van der Waals surface area contributed by atoms with E-state index in [1.54, 1.807) is 41.7 Å². The van der Waals surface area contributed by atoms with Crippen LogP contribution in [0.15, 0.2) is 42.2 Å². The Balaban J connectivity index is 1.45. The van der Waals surface area contributed by atoms with Gasteiger partial charge in [-0.3, -0.25) is 14.5 Å². The third-order valence-corrected chi connectivity index (χ3v) is 5.41. The van der Waals surface area contributed by atoms with Crippen molar-refractivity contribution in [1.29, 1.82) is 0 Å². The Labute approximate surface area is 155 Å². The average molecular weight is 368 g/mol. The molecule has 4 heterocycles. The van der Waals surface area contributed by atoms with E-state index in [1.807, 2.05) is 23.6 Å². The van der Waals surface area contributed by atoms with Gasteiger partial charge in [-0.2, -0.15) is 5.10 Å². The predicted molar refractivity (Wildman–Crippen MR) is 101 cm³/mol. The summed E-state index contributed by atoms with van der Waals surface area (Å²) in [6.07, 6.45) is 7.09. The maximum Gasteiger partial charge on any atom is 0.269 e. The maximum atomic E-state index is 12.7. The molecule has 7 nitrogen and oxygen atoms in total. The molecular formula is C18H20N6OS. The summed E-state index contributed by atoms with van der Waals surface area (Å²) in [5.74, 6) is 0.765. The van der Waals surface area contributed by atoms with E-state index in [4.69, 9.17) is 0 Å². The summed E-state index contributed by atoms with van der Waals surface area (Å²) in [6, 6.07) is 5.93. The minimum Gasteiger partial charge on any atom is -0.353 e. The van der Waals surface area contributed by atoms with Crippen molar-refractivity contribution in [3.05, 3.63) is 47.9 Å². The summed E-state index contributed by atoms with van der Waals surface area (Å²) < 4.78 is 1.65. The first-order chi connectivity index (χ1) is 12.7. The number of piperidine rings is 1. The number of nitrogens with zero attached hydrogens (tertiary/aromatic N) is 5. The standard InChI is InChI=1S/C18H20N6OS/c1-23-15(10-14(22-23)16-5-3-9-26-16)18(25)21-13-4-2-8-24(12-13)17-11-19-6-7-20-17/h3,5-7,9-11,13H,2,4,8,12H2,1H3,(H,21,25)/t13-/m0/s1. The number of amides is 1. The Morgan fingerprint density at radius 1 is 1.38 bits per heavy atom. The molecule has 8 heteroatoms. The molecule has 1 atom stereocenters. The summed E-state index contributed by atoms with van der Waals surface area (Å²) >= 11 is 1.62. The molecule has 0 aromatic carbocycles. The van der Waals surface area contributed by atoms with Crippen LogP contribution in [0.1, 0.15) is 23.3 Å². The molecule has 0 aliphatic carbocycles. The van der Waals surface area contributed by atoms with E-state index >= 15 is 0 Å². The maximum absolute atomic E-state index is 12.7. The second-order valence-electron chi connectivity index (χ2n) is 6.34. The van der Waals surface area contributed by atoms with Crippen molar-refractivity contribution < 1.29 is 4.79 Å². The van der Waals surface area contributed by atoms with Gasteiger partial charge in [0.2, 0.25) is 0 Å². The number of hydrogen-bond donors (Lipinski definition) is 1. The van der Waals surface area contributed by atoms with Gasteiger partial charge in [0.15, 0.2) is 0 Å². The number of nitrogens with one attached hydrogen (secondary N) is 1. The molecule has 3 aromatic heterocycles. The Kier molecular flexibility index (Phi) is 4.66. The van der Waals surface area contributed by atoms with Crippen LogP contribution in [0.5, 0.6) is 0 Å². The monoisotopic (exact) mass is 368 g/mol. The molecular weight excluding hydrogens is 348 g/mol. The number of aromatic nitrogens is 4. The molecule has 0 saturated carbocycles. The molecule has 4 rings (SSSR count). The summed E-state index contributed by atoms with van der Waals surface area (Å²) in [7, 11) is 1.80. The van der Waals surface area contributed by atoms with Gasteiger partial charge >= 0.3 is 0 Å². The van der Waals surface area contributed by atoms with Crippen LogP contribution in [-0.4, -0.2) is 44.8 Å². The fraction of sp³-hybridized carbons (Fsp3) is 0.333. The van der Waals surface area contributed by atoms with Crippen LogP contribution in [0.25, 0.3) is 10.6 Å². The molecule has 1 aliphatic rings. The number of carbonyl (C=O) groups is 1. The van der Waals surface area contributed by atoms with E-state index in [0.717, 1.165) is 42.3 Å². The van der Waals surface area contributed by atoms with Gasteiger partial charge in [0.25, 0.3) is 5.91 Å². The van der Waals surface area contributed by atoms with Gasteiger partial charge in [-0.1, -0.05) is 6.07 Å². The van der Waals surface area contributed by atoms with Crippen molar-refractivity contribution >= 4 is 23.1 Å². The lowest BCUT2D eigenvalue weighted by molar-refractivity contribution is 0.0923. The zero-order valence-corrected chi connectivity index (χ0v) is 15.3. The van der Waals surface area contributed by atoms with Gasteiger partial charge in [0, 0.05) is 38.6 Å². The van der Waals surface area contributed by atoms with Crippen molar-refractivity contribution in [3.63, 3.8) is 0 Å². The Hall–Kier alpha value is -2.74. The van der Waals surface area contributed by atoms with Crippen molar-refractivity contribution in [2.24, 2.45) is 7.05 Å². The van der Waals surface area contributed by atoms with E-state index in [2.05, 4.69) is 25.3 Å². The quantitative estimate of drug-likeness (QED) is 0.765. The highest BCUT2D eigenvalue weighted by atomic mass is 32.1. The summed E-state index contributed by atoms with van der Waals surface area (Å²) in [6.45, 7) is 1.67. The molecule has 1 amide bonds. The third kappa shape index (κ3) is 3.45.